The number of carbonyl (C=O) groups excluding carboxylic acids is 1. The van der Waals surface area contributed by atoms with Gasteiger partial charge in [0.1, 0.15) is 23.9 Å². The number of hydrogen-bond acceptors (Lipinski definition) is 4. The molecule has 1 amide bonds. The van der Waals surface area contributed by atoms with Crippen LogP contribution in [0, 0.1) is 6.92 Å². The molecule has 0 radical (unpaired) electrons. The van der Waals surface area contributed by atoms with Crippen molar-refractivity contribution in [3.63, 3.8) is 0 Å². The molecule has 2 aromatic carbocycles. The van der Waals surface area contributed by atoms with E-state index in [-0.39, 0.29) is 12.0 Å². The third kappa shape index (κ3) is 4.43. The molecule has 5 heteroatoms. The largest absolute Gasteiger partial charge is 0.491 e. The topological polar surface area (TPSA) is 60.7 Å². The highest BCUT2D eigenvalue weighted by Crippen LogP contribution is 2.23. The van der Waals surface area contributed by atoms with Gasteiger partial charge in [0, 0.05) is 23.4 Å². The summed E-state index contributed by atoms with van der Waals surface area (Å²) in [6.07, 6.45) is 2.33. The average molecular weight is 377 g/mol. The van der Waals surface area contributed by atoms with Crippen molar-refractivity contribution in [1.82, 2.24) is 0 Å². The molecule has 0 spiro atoms. The fraction of sp³-hybridized carbons (Fsp3) is 0.261. The molecule has 28 heavy (non-hydrogen) atoms. The van der Waals surface area contributed by atoms with Crippen molar-refractivity contribution in [3.8, 4) is 17.1 Å². The molecule has 2 heterocycles. The van der Waals surface area contributed by atoms with Gasteiger partial charge in [0.05, 0.1) is 6.10 Å². The molecule has 1 aliphatic rings. The smallest absolute Gasteiger partial charge is 0.255 e. The Labute approximate surface area is 164 Å². The molecule has 1 saturated heterocycles. The van der Waals surface area contributed by atoms with Gasteiger partial charge in [-0.3, -0.25) is 4.79 Å². The van der Waals surface area contributed by atoms with E-state index in [0.29, 0.717) is 12.2 Å². The maximum Gasteiger partial charge on any atom is 0.255 e. The lowest BCUT2D eigenvalue weighted by Crippen LogP contribution is -2.16. The normalized spacial score (nSPS) is 16.1. The predicted molar refractivity (Wildman–Crippen MR) is 108 cm³/mol. The summed E-state index contributed by atoms with van der Waals surface area (Å²) in [6.45, 7) is 3.29. The molecule has 1 unspecified atom stereocenters. The van der Waals surface area contributed by atoms with Crippen LogP contribution in [-0.2, 0) is 4.74 Å². The van der Waals surface area contributed by atoms with Gasteiger partial charge in [-0.05, 0) is 68.3 Å². The molecule has 0 saturated carbocycles. The fourth-order valence-electron chi connectivity index (χ4n) is 3.18. The quantitative estimate of drug-likeness (QED) is 0.652. The summed E-state index contributed by atoms with van der Waals surface area (Å²) in [7, 11) is 0. The molecule has 1 N–H and O–H groups in total. The summed E-state index contributed by atoms with van der Waals surface area (Å²) < 4.78 is 16.9. The average Bonchev–Trinajstić information content (AvgIpc) is 3.39. The predicted octanol–water partition coefficient (Wildman–Crippen LogP) is 5.07. The standard InChI is InChI=1S/C23H23NO4/c1-16-4-13-22(28-16)17-5-7-18(8-6-17)23(25)24-19-9-11-20(12-10-19)27-15-21-3-2-14-26-21/h4-13,21H,2-3,14-15H2,1H3,(H,24,25). The lowest BCUT2D eigenvalue weighted by Gasteiger charge is -2.12. The molecule has 1 atom stereocenters. The van der Waals surface area contributed by atoms with Crippen LogP contribution in [0.25, 0.3) is 11.3 Å². The van der Waals surface area contributed by atoms with E-state index in [9.17, 15) is 4.79 Å². The van der Waals surface area contributed by atoms with Crippen molar-refractivity contribution in [2.45, 2.75) is 25.9 Å². The molecule has 1 aromatic heterocycles. The summed E-state index contributed by atoms with van der Waals surface area (Å²) >= 11 is 0. The molecule has 144 valence electrons. The van der Waals surface area contributed by atoms with Crippen LogP contribution in [0.4, 0.5) is 5.69 Å². The summed E-state index contributed by atoms with van der Waals surface area (Å²) in [5.41, 5.74) is 2.25. The number of rotatable bonds is 6. The van der Waals surface area contributed by atoms with E-state index < -0.39 is 0 Å². The van der Waals surface area contributed by atoms with Gasteiger partial charge in [0.15, 0.2) is 0 Å². The maximum absolute atomic E-state index is 12.5. The number of amides is 1. The van der Waals surface area contributed by atoms with Gasteiger partial charge in [0.2, 0.25) is 0 Å². The molecule has 3 aromatic rings. The lowest BCUT2D eigenvalue weighted by atomic mass is 10.1. The Kier molecular flexibility index (Phi) is 5.44. The first-order chi connectivity index (χ1) is 13.7. The Hall–Kier alpha value is -3.05. The fourth-order valence-corrected chi connectivity index (χ4v) is 3.18. The van der Waals surface area contributed by atoms with Crippen LogP contribution in [-0.4, -0.2) is 25.2 Å². The SMILES string of the molecule is Cc1ccc(-c2ccc(C(=O)Nc3ccc(OCC4CCCO4)cc3)cc2)o1. The van der Waals surface area contributed by atoms with E-state index in [0.717, 1.165) is 48.0 Å². The summed E-state index contributed by atoms with van der Waals surface area (Å²) in [5, 5.41) is 2.90. The van der Waals surface area contributed by atoms with Crippen LogP contribution in [0.2, 0.25) is 0 Å². The van der Waals surface area contributed by atoms with E-state index in [1.807, 2.05) is 55.5 Å². The van der Waals surface area contributed by atoms with Gasteiger partial charge in [-0.1, -0.05) is 12.1 Å². The van der Waals surface area contributed by atoms with Crippen LogP contribution in [0.3, 0.4) is 0 Å². The molecular formula is C23H23NO4. The van der Waals surface area contributed by atoms with Crippen molar-refractivity contribution in [1.29, 1.82) is 0 Å². The van der Waals surface area contributed by atoms with Gasteiger partial charge in [-0.2, -0.15) is 0 Å². The van der Waals surface area contributed by atoms with Crippen molar-refractivity contribution >= 4 is 11.6 Å². The first kappa shape index (κ1) is 18.3. The Morgan fingerprint density at radius 3 is 2.50 bits per heavy atom. The second-order valence-corrected chi connectivity index (χ2v) is 6.91. The van der Waals surface area contributed by atoms with E-state index in [4.69, 9.17) is 13.9 Å². The van der Waals surface area contributed by atoms with Crippen LogP contribution < -0.4 is 10.1 Å². The van der Waals surface area contributed by atoms with Crippen molar-refractivity contribution in [2.24, 2.45) is 0 Å². The third-order valence-electron chi connectivity index (χ3n) is 4.74. The third-order valence-corrected chi connectivity index (χ3v) is 4.74. The summed E-state index contributed by atoms with van der Waals surface area (Å²) in [6, 6.07) is 18.6. The van der Waals surface area contributed by atoms with E-state index in [1.165, 1.54) is 0 Å². The first-order valence-corrected chi connectivity index (χ1v) is 9.50. The summed E-state index contributed by atoms with van der Waals surface area (Å²) in [4.78, 5) is 12.5. The van der Waals surface area contributed by atoms with Crippen LogP contribution in [0.1, 0.15) is 29.0 Å². The summed E-state index contributed by atoms with van der Waals surface area (Å²) in [5.74, 6) is 2.27. The minimum Gasteiger partial charge on any atom is -0.491 e. The van der Waals surface area contributed by atoms with E-state index in [2.05, 4.69) is 5.32 Å². The number of nitrogens with one attached hydrogen (secondary N) is 1. The molecule has 5 nitrogen and oxygen atoms in total. The van der Waals surface area contributed by atoms with E-state index >= 15 is 0 Å². The van der Waals surface area contributed by atoms with Gasteiger partial charge in [0.25, 0.3) is 5.91 Å². The van der Waals surface area contributed by atoms with Crippen LogP contribution >= 0.6 is 0 Å². The number of aryl methyl sites for hydroxylation is 1. The zero-order chi connectivity index (χ0) is 19.3. The number of benzene rings is 2. The zero-order valence-corrected chi connectivity index (χ0v) is 15.8. The zero-order valence-electron chi connectivity index (χ0n) is 15.8. The Morgan fingerprint density at radius 2 is 1.86 bits per heavy atom. The monoisotopic (exact) mass is 377 g/mol. The number of hydrogen-bond donors (Lipinski definition) is 1. The number of ether oxygens (including phenoxy) is 2. The van der Waals surface area contributed by atoms with Crippen molar-refractivity contribution in [2.75, 3.05) is 18.5 Å². The lowest BCUT2D eigenvalue weighted by molar-refractivity contribution is 0.0679. The van der Waals surface area contributed by atoms with Gasteiger partial charge >= 0.3 is 0 Å². The molecule has 0 bridgehead atoms. The second-order valence-electron chi connectivity index (χ2n) is 6.91. The Balaban J connectivity index is 1.33. The van der Waals surface area contributed by atoms with Crippen molar-refractivity contribution < 1.29 is 18.7 Å². The molecule has 4 rings (SSSR count). The number of furan rings is 1. The number of carbonyl (C=O) groups is 1. The van der Waals surface area contributed by atoms with Crippen molar-refractivity contribution in [3.05, 3.63) is 72.0 Å². The van der Waals surface area contributed by atoms with Gasteiger partial charge in [-0.15, -0.1) is 0 Å². The maximum atomic E-state index is 12.5. The second kappa shape index (κ2) is 8.31. The van der Waals surface area contributed by atoms with Crippen LogP contribution in [0.15, 0.2) is 65.1 Å². The highest BCUT2D eigenvalue weighted by atomic mass is 16.5. The number of anilines is 1. The Morgan fingerprint density at radius 1 is 1.07 bits per heavy atom. The van der Waals surface area contributed by atoms with Gasteiger partial charge < -0.3 is 19.2 Å². The van der Waals surface area contributed by atoms with Gasteiger partial charge in [-0.25, -0.2) is 0 Å². The minimum atomic E-state index is -0.157. The first-order valence-electron chi connectivity index (χ1n) is 9.50. The highest BCUT2D eigenvalue weighted by Gasteiger charge is 2.16. The highest BCUT2D eigenvalue weighted by molar-refractivity contribution is 6.04. The molecular weight excluding hydrogens is 354 g/mol. The molecule has 1 fully saturated rings. The molecule has 0 aliphatic carbocycles. The minimum absolute atomic E-state index is 0.157. The molecule has 1 aliphatic heterocycles. The van der Waals surface area contributed by atoms with E-state index in [1.54, 1.807) is 12.1 Å². The van der Waals surface area contributed by atoms with Crippen LogP contribution in [0.5, 0.6) is 5.75 Å². The Bertz CT molecular complexity index is 922.